The Morgan fingerprint density at radius 1 is 0.810 bits per heavy atom. The summed E-state index contributed by atoms with van der Waals surface area (Å²) in [6.07, 6.45) is 0. The van der Waals surface area contributed by atoms with Gasteiger partial charge in [-0.15, -0.1) is 0 Å². The molecule has 0 fully saturated rings. The Morgan fingerprint density at radius 2 is 1.48 bits per heavy atom. The Balaban J connectivity index is 2.07. The zero-order chi connectivity index (χ0) is 15.1. The zero-order valence-corrected chi connectivity index (χ0v) is 12.4. The second-order valence-corrected chi connectivity index (χ2v) is 4.27. The third-order valence-electron chi connectivity index (χ3n) is 2.87. The molecule has 0 aliphatic heterocycles. The molecule has 0 saturated carbocycles. The average Bonchev–Trinajstić information content (AvgIpc) is 2.54. The summed E-state index contributed by atoms with van der Waals surface area (Å²) in [4.78, 5) is 0. The van der Waals surface area contributed by atoms with Crippen molar-refractivity contribution in [3.8, 4) is 17.2 Å². The number of benzene rings is 2. The summed E-state index contributed by atoms with van der Waals surface area (Å²) in [5, 5.41) is 3.29. The van der Waals surface area contributed by atoms with Crippen LogP contribution in [-0.2, 0) is 4.74 Å². The molecule has 0 radical (unpaired) electrons. The van der Waals surface area contributed by atoms with Crippen LogP contribution >= 0.6 is 0 Å². The van der Waals surface area contributed by atoms with E-state index in [4.69, 9.17) is 18.9 Å². The zero-order valence-electron chi connectivity index (χ0n) is 12.4. The highest BCUT2D eigenvalue weighted by molar-refractivity contribution is 5.64. The molecule has 0 atom stereocenters. The van der Waals surface area contributed by atoms with E-state index in [1.54, 1.807) is 21.3 Å². The molecular formula is C16H19NO4. The summed E-state index contributed by atoms with van der Waals surface area (Å²) in [6.45, 7) is 0.239. The molecule has 0 unspecified atom stereocenters. The number of hydrogen-bond donors (Lipinski definition) is 1. The number of anilines is 2. The molecule has 0 bridgehead atoms. The van der Waals surface area contributed by atoms with Gasteiger partial charge in [0.15, 0.2) is 18.3 Å². The highest BCUT2D eigenvalue weighted by Gasteiger charge is 2.04. The fourth-order valence-corrected chi connectivity index (χ4v) is 1.84. The van der Waals surface area contributed by atoms with Gasteiger partial charge in [-0.3, -0.25) is 0 Å². The van der Waals surface area contributed by atoms with E-state index in [0.717, 1.165) is 17.1 Å². The van der Waals surface area contributed by atoms with Crippen LogP contribution in [0.5, 0.6) is 17.2 Å². The monoisotopic (exact) mass is 289 g/mol. The molecule has 0 aliphatic carbocycles. The van der Waals surface area contributed by atoms with Crippen LogP contribution in [0.25, 0.3) is 0 Å². The molecule has 5 nitrogen and oxygen atoms in total. The normalized spacial score (nSPS) is 10.0. The quantitative estimate of drug-likeness (QED) is 0.791. The minimum Gasteiger partial charge on any atom is -0.493 e. The number of nitrogens with one attached hydrogen (secondary N) is 1. The van der Waals surface area contributed by atoms with E-state index in [-0.39, 0.29) is 6.79 Å². The molecule has 0 saturated heterocycles. The molecule has 2 aromatic rings. The second-order valence-electron chi connectivity index (χ2n) is 4.27. The summed E-state index contributed by atoms with van der Waals surface area (Å²) in [5.41, 5.74) is 1.87. The van der Waals surface area contributed by atoms with Crippen molar-refractivity contribution in [1.29, 1.82) is 0 Å². The molecule has 0 amide bonds. The molecule has 0 heterocycles. The number of ether oxygens (including phenoxy) is 4. The van der Waals surface area contributed by atoms with Gasteiger partial charge in [0.05, 0.1) is 14.2 Å². The fraction of sp³-hybridized carbons (Fsp3) is 0.250. The lowest BCUT2D eigenvalue weighted by Gasteiger charge is -2.12. The van der Waals surface area contributed by atoms with Gasteiger partial charge in [0.2, 0.25) is 0 Å². The van der Waals surface area contributed by atoms with Crippen molar-refractivity contribution in [3.63, 3.8) is 0 Å². The summed E-state index contributed by atoms with van der Waals surface area (Å²) in [6, 6.07) is 13.3. The predicted octanol–water partition coefficient (Wildman–Crippen LogP) is 3.43. The first-order valence-electron chi connectivity index (χ1n) is 6.47. The highest BCUT2D eigenvalue weighted by atomic mass is 16.7. The Morgan fingerprint density at radius 3 is 2.10 bits per heavy atom. The van der Waals surface area contributed by atoms with Gasteiger partial charge in [-0.25, -0.2) is 0 Å². The predicted molar refractivity (Wildman–Crippen MR) is 81.8 cm³/mol. The van der Waals surface area contributed by atoms with Crippen LogP contribution in [0.4, 0.5) is 11.4 Å². The maximum absolute atomic E-state index is 5.34. The van der Waals surface area contributed by atoms with Gasteiger partial charge in [-0.1, -0.05) is 0 Å². The number of hydrogen-bond acceptors (Lipinski definition) is 5. The van der Waals surface area contributed by atoms with Gasteiger partial charge in [0, 0.05) is 24.6 Å². The van der Waals surface area contributed by atoms with E-state index in [0.29, 0.717) is 11.5 Å². The molecule has 21 heavy (non-hydrogen) atoms. The van der Waals surface area contributed by atoms with Crippen LogP contribution in [0, 0.1) is 0 Å². The van der Waals surface area contributed by atoms with Gasteiger partial charge in [-0.2, -0.15) is 0 Å². The van der Waals surface area contributed by atoms with E-state index < -0.39 is 0 Å². The van der Waals surface area contributed by atoms with Crippen LogP contribution in [0.15, 0.2) is 42.5 Å². The lowest BCUT2D eigenvalue weighted by atomic mass is 10.2. The van der Waals surface area contributed by atoms with Gasteiger partial charge in [-0.05, 0) is 36.4 Å². The number of methoxy groups -OCH3 is 3. The summed E-state index contributed by atoms with van der Waals surface area (Å²) >= 11 is 0. The van der Waals surface area contributed by atoms with Crippen molar-refractivity contribution in [1.82, 2.24) is 0 Å². The first-order chi connectivity index (χ1) is 10.3. The molecule has 2 rings (SSSR count). The highest BCUT2D eigenvalue weighted by Crippen LogP contribution is 2.31. The molecular weight excluding hydrogens is 270 g/mol. The maximum Gasteiger partial charge on any atom is 0.188 e. The Hall–Kier alpha value is -2.40. The van der Waals surface area contributed by atoms with Crippen molar-refractivity contribution in [2.24, 2.45) is 0 Å². The first kappa shape index (κ1) is 15.0. The lowest BCUT2D eigenvalue weighted by Crippen LogP contribution is -1.98. The van der Waals surface area contributed by atoms with Crippen molar-refractivity contribution < 1.29 is 18.9 Å². The standard InChI is InChI=1S/C16H19NO4/c1-18-11-21-14-7-4-12(5-8-14)17-13-6-9-15(19-2)16(10-13)20-3/h4-10,17H,11H2,1-3H3. The van der Waals surface area contributed by atoms with Crippen molar-refractivity contribution >= 4 is 11.4 Å². The smallest absolute Gasteiger partial charge is 0.188 e. The van der Waals surface area contributed by atoms with Crippen LogP contribution in [0.3, 0.4) is 0 Å². The van der Waals surface area contributed by atoms with Gasteiger partial charge >= 0.3 is 0 Å². The van der Waals surface area contributed by atoms with Gasteiger partial charge < -0.3 is 24.3 Å². The minimum absolute atomic E-state index is 0.239. The Bertz CT molecular complexity index is 569. The molecule has 2 aromatic carbocycles. The topological polar surface area (TPSA) is 49.0 Å². The third-order valence-corrected chi connectivity index (χ3v) is 2.87. The van der Waals surface area contributed by atoms with E-state index >= 15 is 0 Å². The third kappa shape index (κ3) is 4.03. The molecule has 1 N–H and O–H groups in total. The molecule has 0 aromatic heterocycles. The van der Waals surface area contributed by atoms with Crippen LogP contribution in [-0.4, -0.2) is 28.1 Å². The van der Waals surface area contributed by atoms with Gasteiger partial charge in [0.25, 0.3) is 0 Å². The molecule has 5 heteroatoms. The van der Waals surface area contributed by atoms with E-state index in [2.05, 4.69) is 5.32 Å². The van der Waals surface area contributed by atoms with Crippen LogP contribution < -0.4 is 19.5 Å². The van der Waals surface area contributed by atoms with E-state index in [1.165, 1.54) is 0 Å². The Labute approximate surface area is 124 Å². The largest absolute Gasteiger partial charge is 0.493 e. The molecule has 0 aliphatic rings. The Kier molecular flexibility index (Phi) is 5.29. The number of rotatable bonds is 7. The first-order valence-corrected chi connectivity index (χ1v) is 6.47. The van der Waals surface area contributed by atoms with Crippen LogP contribution in [0.1, 0.15) is 0 Å². The molecule has 0 spiro atoms. The van der Waals surface area contributed by atoms with Crippen molar-refractivity contribution in [3.05, 3.63) is 42.5 Å². The van der Waals surface area contributed by atoms with E-state index in [9.17, 15) is 0 Å². The summed E-state index contributed by atoms with van der Waals surface area (Å²) in [5.74, 6) is 2.14. The van der Waals surface area contributed by atoms with Crippen molar-refractivity contribution in [2.75, 3.05) is 33.4 Å². The van der Waals surface area contributed by atoms with Crippen molar-refractivity contribution in [2.45, 2.75) is 0 Å². The lowest BCUT2D eigenvalue weighted by molar-refractivity contribution is 0.0511. The fourth-order valence-electron chi connectivity index (χ4n) is 1.84. The van der Waals surface area contributed by atoms with Crippen LogP contribution in [0.2, 0.25) is 0 Å². The molecule has 112 valence electrons. The SMILES string of the molecule is COCOc1ccc(Nc2ccc(OC)c(OC)c2)cc1. The summed E-state index contributed by atoms with van der Waals surface area (Å²) in [7, 11) is 4.82. The summed E-state index contributed by atoms with van der Waals surface area (Å²) < 4.78 is 20.7. The maximum atomic E-state index is 5.34. The average molecular weight is 289 g/mol. The minimum atomic E-state index is 0.239. The second kappa shape index (κ2) is 7.40. The van der Waals surface area contributed by atoms with Gasteiger partial charge in [0.1, 0.15) is 5.75 Å². The van der Waals surface area contributed by atoms with E-state index in [1.807, 2.05) is 42.5 Å².